The van der Waals surface area contributed by atoms with Crippen molar-refractivity contribution >= 4 is 36.1 Å². The molecular weight excluding hydrogens is 423 g/mol. The first kappa shape index (κ1) is 22.2. The lowest BCUT2D eigenvalue weighted by molar-refractivity contribution is 0.612. The molecule has 0 amide bonds. The van der Waals surface area contributed by atoms with Crippen LogP contribution in [0.5, 0.6) is 0 Å². The Balaban J connectivity index is 0.00000272. The van der Waals surface area contributed by atoms with Crippen molar-refractivity contribution in [2.24, 2.45) is 5.73 Å². The number of hydrogen-bond donors (Lipinski definition) is 2. The minimum absolute atomic E-state index is 0. The smallest absolute Gasteiger partial charge is 0.351 e. The Morgan fingerprint density at radius 2 is 2.19 bits per heavy atom. The number of nitrogens with two attached hydrogens (primary N) is 1. The summed E-state index contributed by atoms with van der Waals surface area (Å²) in [4.78, 5) is 23.6. The highest BCUT2D eigenvalue weighted by atomic mass is 35.5. The van der Waals surface area contributed by atoms with Gasteiger partial charge in [0.1, 0.15) is 12.1 Å². The summed E-state index contributed by atoms with van der Waals surface area (Å²) in [5, 5.41) is 7.30. The van der Waals surface area contributed by atoms with Gasteiger partial charge in [0.25, 0.3) is 0 Å². The summed E-state index contributed by atoms with van der Waals surface area (Å²) in [5.74, 6) is 1.34. The van der Waals surface area contributed by atoms with Crippen LogP contribution < -0.4 is 21.6 Å². The van der Waals surface area contributed by atoms with E-state index in [4.69, 9.17) is 5.73 Å². The summed E-state index contributed by atoms with van der Waals surface area (Å²) in [5.41, 5.74) is 7.89. The molecule has 0 radical (unpaired) electrons. The summed E-state index contributed by atoms with van der Waals surface area (Å²) in [7, 11) is 1.98. The summed E-state index contributed by atoms with van der Waals surface area (Å²) in [6, 6.07) is 7.36. The fourth-order valence-electron chi connectivity index (χ4n) is 3.06. The predicted octanol–water partition coefficient (Wildman–Crippen LogP) is 2.05. The number of hydrogen-bond acceptors (Lipinski definition) is 7. The van der Waals surface area contributed by atoms with Crippen LogP contribution in [-0.2, 0) is 6.54 Å². The number of anilines is 2. The molecule has 3 aromatic heterocycles. The van der Waals surface area contributed by atoms with E-state index < -0.39 is 5.69 Å². The number of aromatic nitrogens is 5. The van der Waals surface area contributed by atoms with Crippen molar-refractivity contribution in [2.45, 2.75) is 6.54 Å². The molecular formula is C20H22ClFN8O. The van der Waals surface area contributed by atoms with E-state index in [1.807, 2.05) is 36.2 Å². The second-order valence-corrected chi connectivity index (χ2v) is 6.84. The molecule has 162 valence electrons. The van der Waals surface area contributed by atoms with Crippen LogP contribution in [0.2, 0.25) is 0 Å². The van der Waals surface area contributed by atoms with Crippen molar-refractivity contribution in [3.8, 4) is 5.82 Å². The third-order valence-electron chi connectivity index (χ3n) is 4.71. The van der Waals surface area contributed by atoms with Crippen LogP contribution >= 0.6 is 12.4 Å². The van der Waals surface area contributed by atoms with Gasteiger partial charge in [-0.05, 0) is 35.4 Å². The van der Waals surface area contributed by atoms with Gasteiger partial charge in [-0.3, -0.25) is 0 Å². The number of halogens is 2. The molecule has 0 saturated heterocycles. The maximum Gasteiger partial charge on any atom is 0.351 e. The SMILES string of the molecule is CN1CNc2cc(/C=C/c3cccc(-n4cnn(C/C(=C/F)CN)c4=O)n3)cnc21.Cl. The molecule has 3 aromatic rings. The zero-order valence-electron chi connectivity index (χ0n) is 16.8. The van der Waals surface area contributed by atoms with Crippen LogP contribution in [0.1, 0.15) is 11.3 Å². The summed E-state index contributed by atoms with van der Waals surface area (Å²) < 4.78 is 15.2. The quantitative estimate of drug-likeness (QED) is 0.599. The minimum atomic E-state index is -0.422. The van der Waals surface area contributed by atoms with E-state index in [0.717, 1.165) is 28.4 Å². The molecule has 0 bridgehead atoms. The Labute approximate surface area is 184 Å². The molecule has 1 aliphatic heterocycles. The largest absolute Gasteiger partial charge is 0.365 e. The first-order valence-electron chi connectivity index (χ1n) is 9.32. The van der Waals surface area contributed by atoms with Gasteiger partial charge >= 0.3 is 5.69 Å². The molecule has 11 heteroatoms. The molecule has 9 nitrogen and oxygen atoms in total. The third kappa shape index (κ3) is 4.65. The van der Waals surface area contributed by atoms with E-state index in [-0.39, 0.29) is 31.1 Å². The van der Waals surface area contributed by atoms with E-state index in [1.165, 1.54) is 10.9 Å². The Morgan fingerprint density at radius 1 is 1.35 bits per heavy atom. The summed E-state index contributed by atoms with van der Waals surface area (Å²) in [6.07, 6.45) is 7.31. The van der Waals surface area contributed by atoms with Crippen molar-refractivity contribution in [2.75, 3.05) is 30.5 Å². The zero-order valence-corrected chi connectivity index (χ0v) is 17.6. The molecule has 0 fully saturated rings. The Morgan fingerprint density at radius 3 is 2.97 bits per heavy atom. The molecule has 0 aliphatic carbocycles. The number of rotatable bonds is 6. The van der Waals surface area contributed by atoms with Crippen molar-refractivity contribution in [1.29, 1.82) is 0 Å². The van der Waals surface area contributed by atoms with E-state index in [9.17, 15) is 9.18 Å². The Bertz CT molecular complexity index is 1190. The first-order chi connectivity index (χ1) is 14.6. The van der Waals surface area contributed by atoms with Crippen LogP contribution in [0.25, 0.3) is 18.0 Å². The average molecular weight is 445 g/mol. The maximum atomic E-state index is 12.8. The van der Waals surface area contributed by atoms with Gasteiger partial charge in [0, 0.05) is 19.8 Å². The van der Waals surface area contributed by atoms with Crippen molar-refractivity contribution in [3.05, 3.63) is 70.4 Å². The molecule has 0 aromatic carbocycles. The van der Waals surface area contributed by atoms with Crippen molar-refractivity contribution < 1.29 is 4.39 Å². The lowest BCUT2D eigenvalue weighted by Gasteiger charge is -2.07. The number of nitrogens with zero attached hydrogens (tertiary/aromatic N) is 6. The highest BCUT2D eigenvalue weighted by Gasteiger charge is 2.15. The monoisotopic (exact) mass is 444 g/mol. The van der Waals surface area contributed by atoms with Crippen LogP contribution in [0.15, 0.2) is 53.5 Å². The van der Waals surface area contributed by atoms with E-state index >= 15 is 0 Å². The molecule has 3 N–H and O–H groups in total. The van der Waals surface area contributed by atoms with Crippen LogP contribution in [0.4, 0.5) is 15.9 Å². The van der Waals surface area contributed by atoms with E-state index in [2.05, 4.69) is 20.4 Å². The molecule has 0 saturated carbocycles. The Hall–Kier alpha value is -3.50. The highest BCUT2D eigenvalue weighted by molar-refractivity contribution is 5.85. The lowest BCUT2D eigenvalue weighted by Crippen LogP contribution is -2.26. The van der Waals surface area contributed by atoms with E-state index in [1.54, 1.807) is 18.3 Å². The van der Waals surface area contributed by atoms with Gasteiger partial charge in [-0.15, -0.1) is 12.4 Å². The fraction of sp³-hybridized carbons (Fsp3) is 0.200. The first-order valence-corrected chi connectivity index (χ1v) is 9.32. The molecule has 0 unspecified atom stereocenters. The normalized spacial score (nSPS) is 13.3. The van der Waals surface area contributed by atoms with Gasteiger partial charge in [-0.1, -0.05) is 12.1 Å². The molecule has 0 atom stereocenters. The number of nitrogens with one attached hydrogen (secondary N) is 1. The van der Waals surface area contributed by atoms with Gasteiger partial charge in [-0.25, -0.2) is 28.4 Å². The molecule has 0 spiro atoms. The average Bonchev–Trinajstić information content (AvgIpc) is 3.33. The van der Waals surface area contributed by atoms with Crippen LogP contribution in [0.3, 0.4) is 0 Å². The third-order valence-corrected chi connectivity index (χ3v) is 4.71. The van der Waals surface area contributed by atoms with Gasteiger partial charge in [0.2, 0.25) is 0 Å². The number of pyridine rings is 2. The van der Waals surface area contributed by atoms with Gasteiger partial charge in [0.15, 0.2) is 5.82 Å². The van der Waals surface area contributed by atoms with Crippen LogP contribution in [-0.4, -0.2) is 44.6 Å². The van der Waals surface area contributed by atoms with Gasteiger partial charge in [0.05, 0.1) is 30.9 Å². The highest BCUT2D eigenvalue weighted by Crippen LogP contribution is 2.28. The van der Waals surface area contributed by atoms with E-state index in [0.29, 0.717) is 17.8 Å². The van der Waals surface area contributed by atoms with Gasteiger partial charge in [-0.2, -0.15) is 5.10 Å². The lowest BCUT2D eigenvalue weighted by atomic mass is 10.2. The minimum Gasteiger partial charge on any atom is -0.365 e. The topological polar surface area (TPSA) is 107 Å². The second-order valence-electron chi connectivity index (χ2n) is 6.84. The summed E-state index contributed by atoms with van der Waals surface area (Å²) in [6.45, 7) is 0.736. The second kappa shape index (κ2) is 9.54. The molecule has 1 aliphatic rings. The van der Waals surface area contributed by atoms with Crippen molar-refractivity contribution in [3.63, 3.8) is 0 Å². The molecule has 31 heavy (non-hydrogen) atoms. The maximum absolute atomic E-state index is 12.8. The molecule has 4 rings (SSSR count). The number of fused-ring (bicyclic) bond motifs is 1. The summed E-state index contributed by atoms with van der Waals surface area (Å²) >= 11 is 0. The predicted molar refractivity (Wildman–Crippen MR) is 121 cm³/mol. The van der Waals surface area contributed by atoms with Crippen molar-refractivity contribution in [1.82, 2.24) is 24.3 Å². The fourth-order valence-corrected chi connectivity index (χ4v) is 3.06. The standard InChI is InChI=1S/C20H21FN8O.ClH/c1-27-12-24-17-7-14(10-23-19(17)27)5-6-16-3-2-4-18(26-16)28-13-25-29(20(28)30)11-15(8-21)9-22;/h2-8,10,13,24H,9,11-12,22H2,1H3;1H/b6-5+,15-8+;. The van der Waals surface area contributed by atoms with Gasteiger partial charge < -0.3 is 16.0 Å². The Kier molecular flexibility index (Phi) is 6.83. The zero-order chi connectivity index (χ0) is 21.1. The van der Waals surface area contributed by atoms with Crippen LogP contribution in [0, 0.1) is 0 Å². The molecule has 4 heterocycles.